The minimum absolute atomic E-state index is 0.112. The van der Waals surface area contributed by atoms with Crippen LogP contribution in [0, 0.1) is 5.92 Å². The molecular formula is C17H30N2OS. The lowest BCUT2D eigenvalue weighted by Crippen LogP contribution is -2.31. The third kappa shape index (κ3) is 4.05. The van der Waals surface area contributed by atoms with Gasteiger partial charge in [0, 0.05) is 18.5 Å². The van der Waals surface area contributed by atoms with Crippen molar-refractivity contribution in [2.75, 3.05) is 13.7 Å². The van der Waals surface area contributed by atoms with Crippen LogP contribution in [0.25, 0.3) is 0 Å². The molecule has 0 spiro atoms. The average molecular weight is 311 g/mol. The van der Waals surface area contributed by atoms with E-state index in [9.17, 15) is 0 Å². The Bertz CT molecular complexity index is 436. The molecule has 0 unspecified atom stereocenters. The van der Waals surface area contributed by atoms with Crippen molar-refractivity contribution in [2.45, 2.75) is 71.4 Å². The Morgan fingerprint density at radius 3 is 2.57 bits per heavy atom. The van der Waals surface area contributed by atoms with Gasteiger partial charge in [-0.15, -0.1) is 11.3 Å². The summed E-state index contributed by atoms with van der Waals surface area (Å²) in [6.07, 6.45) is 7.17. The van der Waals surface area contributed by atoms with Gasteiger partial charge in [-0.25, -0.2) is 4.98 Å². The van der Waals surface area contributed by atoms with Crippen LogP contribution in [0.15, 0.2) is 0 Å². The Kier molecular flexibility index (Phi) is 6.20. The third-order valence-corrected chi connectivity index (χ3v) is 5.64. The predicted molar refractivity (Wildman–Crippen MR) is 89.8 cm³/mol. The molecule has 1 fully saturated rings. The van der Waals surface area contributed by atoms with E-state index in [2.05, 4.69) is 26.1 Å². The second-order valence-electron chi connectivity index (χ2n) is 6.53. The van der Waals surface area contributed by atoms with Crippen molar-refractivity contribution < 1.29 is 4.74 Å². The summed E-state index contributed by atoms with van der Waals surface area (Å²) < 4.78 is 5.97. The molecule has 0 saturated heterocycles. The summed E-state index contributed by atoms with van der Waals surface area (Å²) in [6, 6.07) is 0. The second-order valence-corrected chi connectivity index (χ2v) is 7.61. The standard InChI is InChI=1S/C17H30N2OS/c1-5-18-12-15-14(11-13(2)3)19-16(21-15)17(20-4)9-7-6-8-10-17/h13,18H,5-12H2,1-4H3. The van der Waals surface area contributed by atoms with Gasteiger partial charge < -0.3 is 10.1 Å². The van der Waals surface area contributed by atoms with Crippen molar-refractivity contribution in [1.82, 2.24) is 10.3 Å². The quantitative estimate of drug-likeness (QED) is 0.817. The number of nitrogens with zero attached hydrogens (tertiary/aromatic N) is 1. The molecule has 1 aliphatic rings. The Morgan fingerprint density at radius 1 is 1.29 bits per heavy atom. The molecule has 1 N–H and O–H groups in total. The van der Waals surface area contributed by atoms with E-state index in [1.165, 1.54) is 34.8 Å². The van der Waals surface area contributed by atoms with Crippen molar-refractivity contribution in [1.29, 1.82) is 0 Å². The lowest BCUT2D eigenvalue weighted by atomic mass is 9.85. The van der Waals surface area contributed by atoms with E-state index in [4.69, 9.17) is 9.72 Å². The first-order chi connectivity index (χ1) is 10.1. The molecule has 0 bridgehead atoms. The molecule has 4 heteroatoms. The van der Waals surface area contributed by atoms with Crippen LogP contribution >= 0.6 is 11.3 Å². The minimum Gasteiger partial charge on any atom is -0.371 e. The van der Waals surface area contributed by atoms with Crippen LogP contribution in [-0.4, -0.2) is 18.6 Å². The van der Waals surface area contributed by atoms with Crippen LogP contribution in [0.3, 0.4) is 0 Å². The fourth-order valence-electron chi connectivity index (χ4n) is 3.13. The molecule has 0 aromatic carbocycles. The van der Waals surface area contributed by atoms with E-state index in [1.807, 2.05) is 18.4 Å². The van der Waals surface area contributed by atoms with Gasteiger partial charge in [-0.2, -0.15) is 0 Å². The van der Waals surface area contributed by atoms with Gasteiger partial charge in [-0.05, 0) is 31.7 Å². The number of hydrogen-bond acceptors (Lipinski definition) is 4. The van der Waals surface area contributed by atoms with Gasteiger partial charge >= 0.3 is 0 Å². The molecule has 3 nitrogen and oxygen atoms in total. The molecule has 0 atom stereocenters. The summed E-state index contributed by atoms with van der Waals surface area (Å²) in [5.74, 6) is 0.644. The molecule has 1 heterocycles. The number of aromatic nitrogens is 1. The number of hydrogen-bond donors (Lipinski definition) is 1. The Hall–Kier alpha value is -0.450. The van der Waals surface area contributed by atoms with Crippen LogP contribution in [0.5, 0.6) is 0 Å². The Morgan fingerprint density at radius 2 is 2.00 bits per heavy atom. The number of thiazole rings is 1. The highest BCUT2D eigenvalue weighted by Crippen LogP contribution is 2.42. The highest BCUT2D eigenvalue weighted by molar-refractivity contribution is 7.11. The van der Waals surface area contributed by atoms with Crippen molar-refractivity contribution in [3.63, 3.8) is 0 Å². The lowest BCUT2D eigenvalue weighted by Gasteiger charge is -2.34. The number of rotatable bonds is 7. The number of nitrogens with one attached hydrogen (secondary N) is 1. The number of methoxy groups -OCH3 is 1. The largest absolute Gasteiger partial charge is 0.371 e. The molecule has 1 aliphatic carbocycles. The van der Waals surface area contributed by atoms with Gasteiger partial charge in [0.25, 0.3) is 0 Å². The maximum atomic E-state index is 5.97. The first-order valence-electron chi connectivity index (χ1n) is 8.36. The van der Waals surface area contributed by atoms with Gasteiger partial charge in [0.2, 0.25) is 0 Å². The normalized spacial score (nSPS) is 18.3. The van der Waals surface area contributed by atoms with Crippen molar-refractivity contribution in [3.8, 4) is 0 Å². The number of ether oxygens (including phenoxy) is 1. The fraction of sp³-hybridized carbons (Fsp3) is 0.824. The van der Waals surface area contributed by atoms with Crippen molar-refractivity contribution in [2.24, 2.45) is 5.92 Å². The smallest absolute Gasteiger partial charge is 0.125 e. The Labute approximate surface area is 133 Å². The second kappa shape index (κ2) is 7.70. The van der Waals surface area contributed by atoms with Gasteiger partial charge in [0.05, 0.1) is 5.69 Å². The first kappa shape index (κ1) is 16.9. The zero-order valence-electron chi connectivity index (χ0n) is 14.0. The Balaban J connectivity index is 2.27. The summed E-state index contributed by atoms with van der Waals surface area (Å²) in [6.45, 7) is 8.63. The van der Waals surface area contributed by atoms with Gasteiger partial charge in [-0.3, -0.25) is 0 Å². The van der Waals surface area contributed by atoms with Crippen molar-refractivity contribution in [3.05, 3.63) is 15.6 Å². The van der Waals surface area contributed by atoms with Crippen molar-refractivity contribution >= 4 is 11.3 Å². The summed E-state index contributed by atoms with van der Waals surface area (Å²) in [4.78, 5) is 6.43. The van der Waals surface area contributed by atoms with Crippen LogP contribution in [-0.2, 0) is 23.3 Å². The first-order valence-corrected chi connectivity index (χ1v) is 9.18. The van der Waals surface area contributed by atoms with E-state index in [1.54, 1.807) is 0 Å². The van der Waals surface area contributed by atoms with E-state index < -0.39 is 0 Å². The molecule has 0 amide bonds. The maximum Gasteiger partial charge on any atom is 0.125 e. The van der Waals surface area contributed by atoms with Crippen LogP contribution in [0.2, 0.25) is 0 Å². The van der Waals surface area contributed by atoms with Gasteiger partial charge in [0.15, 0.2) is 0 Å². The summed E-state index contributed by atoms with van der Waals surface area (Å²) in [5, 5.41) is 4.67. The fourth-order valence-corrected chi connectivity index (χ4v) is 4.41. The van der Waals surface area contributed by atoms with Crippen LogP contribution < -0.4 is 5.32 Å². The summed E-state index contributed by atoms with van der Waals surface area (Å²) in [7, 11) is 1.86. The molecule has 21 heavy (non-hydrogen) atoms. The molecule has 1 saturated carbocycles. The van der Waals surface area contributed by atoms with Gasteiger partial charge in [-0.1, -0.05) is 40.0 Å². The molecule has 0 aliphatic heterocycles. The predicted octanol–water partition coefficient (Wildman–Crippen LogP) is 4.26. The zero-order valence-corrected chi connectivity index (χ0v) is 14.8. The highest BCUT2D eigenvalue weighted by atomic mass is 32.1. The summed E-state index contributed by atoms with van der Waals surface area (Å²) in [5.41, 5.74) is 1.17. The monoisotopic (exact) mass is 310 g/mol. The lowest BCUT2D eigenvalue weighted by molar-refractivity contribution is -0.0447. The van der Waals surface area contributed by atoms with E-state index in [-0.39, 0.29) is 5.60 Å². The van der Waals surface area contributed by atoms with Crippen LogP contribution in [0.4, 0.5) is 0 Å². The zero-order chi connectivity index (χ0) is 15.3. The molecule has 1 aromatic rings. The SMILES string of the molecule is CCNCc1sc(C2(OC)CCCCC2)nc1CC(C)C. The van der Waals surface area contributed by atoms with E-state index in [0.717, 1.165) is 32.4 Å². The summed E-state index contributed by atoms with van der Waals surface area (Å²) >= 11 is 1.87. The minimum atomic E-state index is -0.112. The van der Waals surface area contributed by atoms with Crippen LogP contribution in [0.1, 0.15) is 68.5 Å². The van der Waals surface area contributed by atoms with Gasteiger partial charge in [0.1, 0.15) is 10.6 Å². The van der Waals surface area contributed by atoms with E-state index in [0.29, 0.717) is 5.92 Å². The van der Waals surface area contributed by atoms with E-state index >= 15 is 0 Å². The molecule has 120 valence electrons. The molecular weight excluding hydrogens is 280 g/mol. The molecule has 2 rings (SSSR count). The molecule has 0 radical (unpaired) electrons. The maximum absolute atomic E-state index is 5.97. The highest BCUT2D eigenvalue weighted by Gasteiger charge is 2.37. The topological polar surface area (TPSA) is 34.1 Å². The molecule has 1 aromatic heterocycles. The third-order valence-electron chi connectivity index (χ3n) is 4.36. The average Bonchev–Trinajstić information content (AvgIpc) is 2.88.